The average molecular weight is 465 g/mol. The van der Waals surface area contributed by atoms with Crippen molar-refractivity contribution in [3.8, 4) is 11.4 Å². The molecule has 0 atom stereocenters. The fraction of sp³-hybridized carbons (Fsp3) is 0.280. The third-order valence-corrected chi connectivity index (χ3v) is 7.79. The van der Waals surface area contributed by atoms with Gasteiger partial charge < -0.3 is 5.32 Å². The van der Waals surface area contributed by atoms with Crippen LogP contribution in [0.25, 0.3) is 22.4 Å². The predicted octanol–water partition coefficient (Wildman–Crippen LogP) is 5.28. The molecule has 2 aromatic carbocycles. The van der Waals surface area contributed by atoms with Gasteiger partial charge in [-0.3, -0.25) is 0 Å². The lowest BCUT2D eigenvalue weighted by Gasteiger charge is -2.15. The minimum Gasteiger partial charge on any atom is -0.367 e. The molecule has 8 heteroatoms. The molecule has 0 amide bonds. The monoisotopic (exact) mass is 464 g/mol. The molecule has 0 aliphatic heterocycles. The Morgan fingerprint density at radius 1 is 1.03 bits per heavy atom. The van der Waals surface area contributed by atoms with Crippen molar-refractivity contribution in [2.45, 2.75) is 44.4 Å². The highest BCUT2D eigenvalue weighted by molar-refractivity contribution is 7.89. The van der Waals surface area contributed by atoms with Crippen LogP contribution in [0.1, 0.15) is 36.9 Å². The summed E-state index contributed by atoms with van der Waals surface area (Å²) in [4.78, 5) is 9.21. The molecule has 1 fully saturated rings. The summed E-state index contributed by atoms with van der Waals surface area (Å²) < 4.78 is 42.8. The van der Waals surface area contributed by atoms with Crippen molar-refractivity contribution in [3.05, 3.63) is 77.7 Å². The van der Waals surface area contributed by atoms with Gasteiger partial charge in [-0.15, -0.1) is 0 Å². The Labute approximate surface area is 192 Å². The minimum absolute atomic E-state index is 0.162. The van der Waals surface area contributed by atoms with E-state index in [0.29, 0.717) is 22.5 Å². The molecule has 0 saturated heterocycles. The van der Waals surface area contributed by atoms with Crippen molar-refractivity contribution in [2.24, 2.45) is 0 Å². The number of halogens is 1. The molecule has 5 rings (SSSR count). The van der Waals surface area contributed by atoms with Gasteiger partial charge in [0.2, 0.25) is 10.0 Å². The summed E-state index contributed by atoms with van der Waals surface area (Å²) >= 11 is 0. The molecular formula is C25H25FN4O2S. The lowest BCUT2D eigenvalue weighted by atomic mass is 10.2. The number of hydrogen-bond acceptors (Lipinski definition) is 5. The smallest absolute Gasteiger partial charge is 0.244 e. The predicted molar refractivity (Wildman–Crippen MR) is 128 cm³/mol. The number of anilines is 1. The van der Waals surface area contributed by atoms with E-state index in [4.69, 9.17) is 0 Å². The molecule has 1 N–H and O–H groups in total. The molecule has 1 aliphatic carbocycles. The Morgan fingerprint density at radius 2 is 1.73 bits per heavy atom. The Hall–Kier alpha value is -3.26. The lowest BCUT2D eigenvalue weighted by Crippen LogP contribution is -2.18. The van der Waals surface area contributed by atoms with Gasteiger partial charge in [-0.2, -0.15) is 0 Å². The first kappa shape index (κ1) is 21.6. The van der Waals surface area contributed by atoms with E-state index < -0.39 is 15.8 Å². The van der Waals surface area contributed by atoms with Crippen LogP contribution in [0.15, 0.2) is 60.7 Å². The summed E-state index contributed by atoms with van der Waals surface area (Å²) in [7, 11) is -3.78. The molecule has 0 unspecified atom stereocenters. The van der Waals surface area contributed by atoms with Crippen LogP contribution in [0.4, 0.5) is 10.2 Å². The summed E-state index contributed by atoms with van der Waals surface area (Å²) in [5.41, 5.74) is 1.72. The van der Waals surface area contributed by atoms with E-state index >= 15 is 0 Å². The third kappa shape index (κ3) is 4.23. The number of aromatic nitrogens is 3. The van der Waals surface area contributed by atoms with Crippen molar-refractivity contribution < 1.29 is 12.8 Å². The van der Waals surface area contributed by atoms with Crippen LogP contribution in [0.5, 0.6) is 0 Å². The van der Waals surface area contributed by atoms with Crippen molar-refractivity contribution in [1.29, 1.82) is 0 Å². The number of nitrogens with one attached hydrogen (secondary N) is 1. The van der Waals surface area contributed by atoms with Crippen LogP contribution >= 0.6 is 0 Å². The number of fused-ring (bicyclic) bond motifs is 1. The molecule has 0 spiro atoms. The normalized spacial score (nSPS) is 14.7. The van der Waals surface area contributed by atoms with Gasteiger partial charge >= 0.3 is 0 Å². The van der Waals surface area contributed by atoms with Crippen molar-refractivity contribution >= 4 is 26.9 Å². The third-order valence-electron chi connectivity index (χ3n) is 6.07. The number of nitrogens with zero attached hydrogens (tertiary/aromatic N) is 3. The largest absolute Gasteiger partial charge is 0.367 e. The van der Waals surface area contributed by atoms with Crippen LogP contribution in [-0.2, 0) is 15.8 Å². The molecular weight excluding hydrogens is 439 g/mol. The van der Waals surface area contributed by atoms with Crippen molar-refractivity contribution in [2.75, 3.05) is 5.32 Å². The highest BCUT2D eigenvalue weighted by atomic mass is 32.2. The maximum atomic E-state index is 14.6. The molecule has 170 valence electrons. The Bertz CT molecular complexity index is 1410. The molecule has 1 aliphatic rings. The molecule has 6 nitrogen and oxygen atoms in total. The first-order valence-corrected chi connectivity index (χ1v) is 12.7. The molecule has 0 bridgehead atoms. The van der Waals surface area contributed by atoms with E-state index in [1.807, 2.05) is 18.2 Å². The Kier molecular flexibility index (Phi) is 5.62. The van der Waals surface area contributed by atoms with E-state index in [9.17, 15) is 12.8 Å². The second kappa shape index (κ2) is 8.59. The molecule has 0 radical (unpaired) electrons. The zero-order valence-electron chi connectivity index (χ0n) is 18.3. The lowest BCUT2D eigenvalue weighted by molar-refractivity contribution is 0.587. The van der Waals surface area contributed by atoms with E-state index in [-0.39, 0.29) is 28.8 Å². The van der Waals surface area contributed by atoms with Gasteiger partial charge in [-0.25, -0.2) is 26.7 Å². The molecule has 2 aromatic heterocycles. The summed E-state index contributed by atoms with van der Waals surface area (Å²) in [5.74, 6) is 0.0889. The molecule has 4 aromatic rings. The van der Waals surface area contributed by atoms with E-state index in [1.54, 1.807) is 43.3 Å². The van der Waals surface area contributed by atoms with Crippen LogP contribution < -0.4 is 5.32 Å². The van der Waals surface area contributed by atoms with Crippen LogP contribution in [0, 0.1) is 12.7 Å². The zero-order chi connectivity index (χ0) is 23.0. The average Bonchev–Trinajstić information content (AvgIpc) is 3.41. The van der Waals surface area contributed by atoms with Gasteiger partial charge in [0.1, 0.15) is 11.6 Å². The van der Waals surface area contributed by atoms with Crippen molar-refractivity contribution in [3.63, 3.8) is 0 Å². The van der Waals surface area contributed by atoms with Gasteiger partial charge in [0.15, 0.2) is 11.5 Å². The number of aryl methyl sites for hydroxylation is 1. The van der Waals surface area contributed by atoms with E-state index in [2.05, 4.69) is 15.3 Å². The van der Waals surface area contributed by atoms with Crippen LogP contribution in [0.2, 0.25) is 0 Å². The van der Waals surface area contributed by atoms with E-state index in [1.165, 1.54) is 10.0 Å². The summed E-state index contributed by atoms with van der Waals surface area (Å²) in [6, 6.07) is 17.4. The quantitative estimate of drug-likeness (QED) is 0.420. The SMILES string of the molecule is Cc1cc2c(NC3CCCC3)nc(-c3ccccc3F)nc2n1S(=O)(=O)Cc1ccccc1. The molecule has 1 saturated carbocycles. The summed E-state index contributed by atoms with van der Waals surface area (Å²) in [6.45, 7) is 1.74. The minimum atomic E-state index is -3.78. The highest BCUT2D eigenvalue weighted by Crippen LogP contribution is 2.32. The second-order valence-corrected chi connectivity index (χ2v) is 10.3. The van der Waals surface area contributed by atoms with Crippen LogP contribution in [0.3, 0.4) is 0 Å². The fourth-order valence-corrected chi connectivity index (χ4v) is 6.15. The highest BCUT2D eigenvalue weighted by Gasteiger charge is 2.25. The Balaban J connectivity index is 1.69. The first-order chi connectivity index (χ1) is 15.9. The van der Waals surface area contributed by atoms with Gasteiger partial charge in [0, 0.05) is 11.7 Å². The summed E-state index contributed by atoms with van der Waals surface area (Å²) in [5, 5.41) is 4.09. The molecule has 2 heterocycles. The number of hydrogen-bond donors (Lipinski definition) is 1. The topological polar surface area (TPSA) is 76.9 Å². The Morgan fingerprint density at radius 3 is 2.45 bits per heavy atom. The maximum Gasteiger partial charge on any atom is 0.244 e. The van der Waals surface area contributed by atoms with Gasteiger partial charge in [-0.1, -0.05) is 55.3 Å². The van der Waals surface area contributed by atoms with Gasteiger partial charge in [0.05, 0.1) is 16.7 Å². The van der Waals surface area contributed by atoms with E-state index in [0.717, 1.165) is 25.7 Å². The summed E-state index contributed by atoms with van der Waals surface area (Å²) in [6.07, 6.45) is 4.31. The van der Waals surface area contributed by atoms with Crippen LogP contribution in [-0.4, -0.2) is 28.4 Å². The van der Waals surface area contributed by atoms with Crippen molar-refractivity contribution in [1.82, 2.24) is 13.9 Å². The standard InChI is InChI=1S/C25H25FN4O2S/c1-17-15-21-24(27-19-11-5-6-12-19)28-23(20-13-7-8-14-22(20)26)29-25(21)30(17)33(31,32)16-18-9-3-2-4-10-18/h2-4,7-10,13-15,19H,5-6,11-12,16H2,1H3,(H,27,28,29). The maximum absolute atomic E-state index is 14.6. The zero-order valence-corrected chi connectivity index (χ0v) is 19.1. The first-order valence-electron chi connectivity index (χ1n) is 11.1. The fourth-order valence-electron chi connectivity index (χ4n) is 4.52. The number of benzene rings is 2. The van der Waals surface area contributed by atoms with Gasteiger partial charge in [-0.05, 0) is 43.5 Å². The number of rotatable bonds is 6. The second-order valence-electron chi connectivity index (χ2n) is 8.53. The molecule has 33 heavy (non-hydrogen) atoms. The van der Waals surface area contributed by atoms with Gasteiger partial charge in [0.25, 0.3) is 0 Å².